The van der Waals surface area contributed by atoms with Crippen molar-refractivity contribution in [3.05, 3.63) is 12.2 Å². The summed E-state index contributed by atoms with van der Waals surface area (Å²) in [7, 11) is 4.17. The molecule has 0 spiro atoms. The molecular weight excluding hydrogens is 560 g/mol. The van der Waals surface area contributed by atoms with Crippen molar-refractivity contribution in [1.82, 2.24) is 30.7 Å². The van der Waals surface area contributed by atoms with Gasteiger partial charge in [-0.3, -0.25) is 9.59 Å². The van der Waals surface area contributed by atoms with Gasteiger partial charge in [-0.2, -0.15) is 0 Å². The fraction of sp³-hybridized carbons (Fsp3) is 0.818. The van der Waals surface area contributed by atoms with Crippen molar-refractivity contribution in [1.29, 1.82) is 0 Å². The minimum absolute atomic E-state index is 0.143. The van der Waals surface area contributed by atoms with Gasteiger partial charge >= 0.3 is 12.0 Å². The number of nitrogens with one attached hydrogen (secondary N) is 3. The van der Waals surface area contributed by atoms with E-state index >= 15 is 0 Å². The number of likely N-dealkylation sites (tertiary alicyclic amines) is 1. The molecule has 44 heavy (non-hydrogen) atoms. The number of carbonyl (C=O) groups excluding carboxylic acids is 3. The van der Waals surface area contributed by atoms with Crippen LogP contribution in [0, 0.1) is 11.3 Å². The lowest BCUT2D eigenvalue weighted by atomic mass is 9.86. The highest BCUT2D eigenvalue weighted by atomic mass is 16.4. The topological polar surface area (TPSA) is 134 Å². The SMILES string of the molecule is CCCCC/C=C\C1C[C@]1(NC(=O)[C@@H]1CCCN1C(=O)CNC(=O)NC(CN(C)CCCN(C)C(C)C)C(C)(C)C)C(=O)O. The van der Waals surface area contributed by atoms with E-state index < -0.39 is 29.5 Å². The molecule has 2 rings (SSSR count). The van der Waals surface area contributed by atoms with Crippen molar-refractivity contribution >= 4 is 23.8 Å². The Hall–Kier alpha value is -2.66. The Morgan fingerprint density at radius 3 is 2.41 bits per heavy atom. The molecule has 2 aliphatic rings. The first-order valence-electron chi connectivity index (χ1n) is 16.6. The Kier molecular flexibility index (Phi) is 14.6. The molecule has 0 aromatic rings. The van der Waals surface area contributed by atoms with Gasteiger partial charge in [0, 0.05) is 31.1 Å². The summed E-state index contributed by atoms with van der Waals surface area (Å²) < 4.78 is 0. The van der Waals surface area contributed by atoms with E-state index in [2.05, 4.69) is 81.4 Å². The van der Waals surface area contributed by atoms with Gasteiger partial charge in [0.1, 0.15) is 11.6 Å². The molecule has 11 nitrogen and oxygen atoms in total. The second kappa shape index (κ2) is 17.1. The summed E-state index contributed by atoms with van der Waals surface area (Å²) in [5.74, 6) is -2.10. The van der Waals surface area contributed by atoms with E-state index in [-0.39, 0.29) is 29.8 Å². The van der Waals surface area contributed by atoms with Crippen molar-refractivity contribution in [2.45, 2.75) is 117 Å². The third kappa shape index (κ3) is 11.4. The summed E-state index contributed by atoms with van der Waals surface area (Å²) >= 11 is 0. The summed E-state index contributed by atoms with van der Waals surface area (Å²) in [4.78, 5) is 57.3. The van der Waals surface area contributed by atoms with Gasteiger partial charge in [0.25, 0.3) is 0 Å². The number of carboxylic acids is 1. The van der Waals surface area contributed by atoms with Crippen LogP contribution in [-0.4, -0.2) is 114 Å². The van der Waals surface area contributed by atoms with Crippen LogP contribution in [0.3, 0.4) is 0 Å². The maximum Gasteiger partial charge on any atom is 0.330 e. The molecule has 1 aliphatic heterocycles. The highest BCUT2D eigenvalue weighted by molar-refractivity contribution is 5.95. The van der Waals surface area contributed by atoms with E-state index in [0.717, 1.165) is 45.2 Å². The number of carboxylic acid groups (broad SMARTS) is 1. The quantitative estimate of drug-likeness (QED) is 0.136. The Morgan fingerprint density at radius 2 is 1.80 bits per heavy atom. The minimum Gasteiger partial charge on any atom is -0.479 e. The molecule has 4 amide bonds. The average molecular weight is 621 g/mol. The zero-order valence-corrected chi connectivity index (χ0v) is 28.6. The normalized spacial score (nSPS) is 22.6. The first-order chi connectivity index (χ1) is 20.6. The monoisotopic (exact) mass is 620 g/mol. The van der Waals surface area contributed by atoms with E-state index in [1.807, 2.05) is 12.2 Å². The van der Waals surface area contributed by atoms with E-state index in [0.29, 0.717) is 38.4 Å². The molecule has 4 atom stereocenters. The molecule has 2 unspecified atom stereocenters. The van der Waals surface area contributed by atoms with E-state index in [1.165, 1.54) is 4.90 Å². The summed E-state index contributed by atoms with van der Waals surface area (Å²) in [5, 5.41) is 18.4. The molecule has 2 fully saturated rings. The van der Waals surface area contributed by atoms with Crippen molar-refractivity contribution < 1.29 is 24.3 Å². The molecule has 11 heteroatoms. The maximum atomic E-state index is 13.2. The number of hydrogen-bond acceptors (Lipinski definition) is 6. The molecule has 1 saturated carbocycles. The number of carbonyl (C=O) groups is 4. The van der Waals surface area contributed by atoms with Crippen LogP contribution in [0.15, 0.2) is 12.2 Å². The van der Waals surface area contributed by atoms with E-state index in [9.17, 15) is 24.3 Å². The van der Waals surface area contributed by atoms with Gasteiger partial charge in [-0.05, 0) is 85.0 Å². The molecule has 4 N–H and O–H groups in total. The summed E-state index contributed by atoms with van der Waals surface area (Å²) in [6.45, 7) is 15.5. The number of urea groups is 1. The first kappa shape index (κ1) is 37.5. The van der Waals surface area contributed by atoms with Crippen LogP contribution in [0.25, 0.3) is 0 Å². The highest BCUT2D eigenvalue weighted by Gasteiger charge is 2.61. The van der Waals surface area contributed by atoms with Gasteiger partial charge < -0.3 is 35.8 Å². The van der Waals surface area contributed by atoms with Crippen LogP contribution in [0.2, 0.25) is 0 Å². The Labute approximate surface area is 265 Å². The second-order valence-corrected chi connectivity index (χ2v) is 14.2. The maximum absolute atomic E-state index is 13.2. The number of allylic oxidation sites excluding steroid dienone is 1. The van der Waals surface area contributed by atoms with E-state index in [4.69, 9.17) is 0 Å². The minimum atomic E-state index is -1.31. The predicted octanol–water partition coefficient (Wildman–Crippen LogP) is 3.45. The van der Waals surface area contributed by atoms with Crippen LogP contribution < -0.4 is 16.0 Å². The third-order valence-electron chi connectivity index (χ3n) is 9.14. The molecule has 1 saturated heterocycles. The third-order valence-corrected chi connectivity index (χ3v) is 9.14. The molecule has 1 heterocycles. The van der Waals surface area contributed by atoms with Crippen LogP contribution in [0.1, 0.15) is 92.9 Å². The highest BCUT2D eigenvalue weighted by Crippen LogP contribution is 2.45. The zero-order chi connectivity index (χ0) is 33.1. The molecule has 1 aliphatic carbocycles. The molecule has 0 bridgehead atoms. The number of likely N-dealkylation sites (N-methyl/N-ethyl adjacent to an activating group) is 1. The molecule has 0 aromatic heterocycles. The Balaban J connectivity index is 1.88. The second-order valence-electron chi connectivity index (χ2n) is 14.2. The number of hydrogen-bond donors (Lipinski definition) is 4. The number of amides is 4. The Morgan fingerprint density at radius 1 is 1.09 bits per heavy atom. The van der Waals surface area contributed by atoms with Crippen molar-refractivity contribution in [2.24, 2.45) is 11.3 Å². The van der Waals surface area contributed by atoms with Gasteiger partial charge in [-0.15, -0.1) is 0 Å². The standard InChI is InChI=1S/C33H60N6O5/c1-9-10-11-12-13-16-25-21-33(25,30(42)43)36-29(41)26-17-14-20-39(26)28(40)22-34-31(44)35-27(32(4,5)6)23-37(7)18-15-19-38(8)24(2)3/h13,16,24-27H,9-12,14-15,17-23H2,1-8H3,(H,36,41)(H,42,43)(H2,34,35,44)/b16-13-/t25?,26-,27?,33+/m0/s1. The van der Waals surface area contributed by atoms with Crippen molar-refractivity contribution in [2.75, 3.05) is 46.8 Å². The van der Waals surface area contributed by atoms with Crippen molar-refractivity contribution in [3.8, 4) is 0 Å². The Bertz CT molecular complexity index is 996. The molecule has 0 aromatic carbocycles. The van der Waals surface area contributed by atoms with Gasteiger partial charge in [-0.25, -0.2) is 9.59 Å². The van der Waals surface area contributed by atoms with Crippen LogP contribution in [0.5, 0.6) is 0 Å². The van der Waals surface area contributed by atoms with Gasteiger partial charge in [0.2, 0.25) is 11.8 Å². The number of rotatable bonds is 18. The van der Waals surface area contributed by atoms with Gasteiger partial charge in [-0.1, -0.05) is 52.7 Å². The van der Waals surface area contributed by atoms with Crippen LogP contribution in [-0.2, 0) is 14.4 Å². The fourth-order valence-corrected chi connectivity index (χ4v) is 5.63. The summed E-state index contributed by atoms with van der Waals surface area (Å²) in [6, 6.07) is -0.817. The zero-order valence-electron chi connectivity index (χ0n) is 28.6. The predicted molar refractivity (Wildman–Crippen MR) is 174 cm³/mol. The fourth-order valence-electron chi connectivity index (χ4n) is 5.63. The molecule has 0 radical (unpaired) electrons. The first-order valence-corrected chi connectivity index (χ1v) is 16.6. The lowest BCUT2D eigenvalue weighted by Crippen LogP contribution is -2.56. The summed E-state index contributed by atoms with van der Waals surface area (Å²) in [5.41, 5.74) is -1.51. The van der Waals surface area contributed by atoms with Gasteiger partial charge in [0.15, 0.2) is 0 Å². The average Bonchev–Trinajstić information content (AvgIpc) is 3.40. The largest absolute Gasteiger partial charge is 0.479 e. The molecular formula is C33H60N6O5. The summed E-state index contributed by atoms with van der Waals surface area (Å²) in [6.07, 6.45) is 10.6. The van der Waals surface area contributed by atoms with E-state index in [1.54, 1.807) is 0 Å². The van der Waals surface area contributed by atoms with Crippen LogP contribution in [0.4, 0.5) is 4.79 Å². The smallest absolute Gasteiger partial charge is 0.330 e. The van der Waals surface area contributed by atoms with Crippen LogP contribution >= 0.6 is 0 Å². The number of nitrogens with zero attached hydrogens (tertiary/aromatic N) is 3. The van der Waals surface area contributed by atoms with Crippen molar-refractivity contribution in [3.63, 3.8) is 0 Å². The number of unbranched alkanes of at least 4 members (excludes halogenated alkanes) is 3. The number of aliphatic carboxylic acids is 1. The lowest BCUT2D eigenvalue weighted by Gasteiger charge is -2.35. The molecule has 252 valence electrons. The lowest BCUT2D eigenvalue weighted by molar-refractivity contribution is -0.145. The van der Waals surface area contributed by atoms with Gasteiger partial charge in [0.05, 0.1) is 6.54 Å².